The van der Waals surface area contributed by atoms with E-state index >= 15 is 0 Å². The van der Waals surface area contributed by atoms with Crippen molar-refractivity contribution in [2.75, 3.05) is 5.32 Å². The van der Waals surface area contributed by atoms with E-state index < -0.39 is 0 Å². The number of anilines is 1. The Kier molecular flexibility index (Phi) is 4.99. The van der Waals surface area contributed by atoms with E-state index in [1.54, 1.807) is 12.1 Å². The van der Waals surface area contributed by atoms with Crippen molar-refractivity contribution < 1.29 is 10.1 Å². The third-order valence-corrected chi connectivity index (χ3v) is 4.68. The topological polar surface area (TPSA) is 45.7 Å². The van der Waals surface area contributed by atoms with Crippen LogP contribution in [0.4, 0.5) is 5.69 Å². The van der Waals surface area contributed by atoms with Crippen molar-refractivity contribution in [2.24, 2.45) is 0 Å². The molecule has 0 spiro atoms. The Balaban J connectivity index is 1.65. The van der Waals surface area contributed by atoms with E-state index in [0.29, 0.717) is 11.1 Å². The molecule has 3 N–H and O–H groups in total. The van der Waals surface area contributed by atoms with Crippen LogP contribution < -0.4 is 10.6 Å². The zero-order valence-corrected chi connectivity index (χ0v) is 14.0. The van der Waals surface area contributed by atoms with Gasteiger partial charge in [-0.05, 0) is 43.5 Å². The van der Waals surface area contributed by atoms with Crippen LogP contribution in [0.15, 0.2) is 48.5 Å². The predicted molar refractivity (Wildman–Crippen MR) is 93.6 cm³/mol. The molecule has 0 heterocycles. The summed E-state index contributed by atoms with van der Waals surface area (Å²) in [5, 5.41) is 5.75. The van der Waals surface area contributed by atoms with Crippen LogP contribution in [0.3, 0.4) is 0 Å². The van der Waals surface area contributed by atoms with Crippen molar-refractivity contribution in [3.05, 3.63) is 64.7 Å². The normalized spacial score (nSPS) is 18.1. The molecule has 120 valence electrons. The van der Waals surface area contributed by atoms with Crippen LogP contribution in [0, 0.1) is 0 Å². The van der Waals surface area contributed by atoms with Gasteiger partial charge in [0.15, 0.2) is 6.04 Å². The van der Waals surface area contributed by atoms with E-state index in [-0.39, 0.29) is 11.9 Å². The Hall–Kier alpha value is -1.84. The van der Waals surface area contributed by atoms with Crippen molar-refractivity contribution in [3.63, 3.8) is 0 Å². The molecule has 1 amide bonds. The summed E-state index contributed by atoms with van der Waals surface area (Å²) in [7, 11) is 0. The molecule has 0 unspecified atom stereocenters. The van der Waals surface area contributed by atoms with Gasteiger partial charge in [-0.3, -0.25) is 4.79 Å². The minimum atomic E-state index is -0.148. The minimum Gasteiger partial charge on any atom is -0.330 e. The van der Waals surface area contributed by atoms with Crippen LogP contribution in [0.2, 0.25) is 5.02 Å². The fourth-order valence-electron chi connectivity index (χ4n) is 3.25. The Bertz CT molecular complexity index is 701. The molecular formula is C19H22ClN2O+. The molecule has 4 heteroatoms. The molecule has 23 heavy (non-hydrogen) atoms. The number of fused-ring (bicyclic) bond motifs is 1. The van der Waals surface area contributed by atoms with Gasteiger partial charge in [0.1, 0.15) is 6.04 Å². The number of nitrogens with two attached hydrogens (primary N) is 1. The number of hydrogen-bond donors (Lipinski definition) is 2. The molecule has 2 aromatic carbocycles. The van der Waals surface area contributed by atoms with Gasteiger partial charge in [0.25, 0.3) is 5.91 Å². The van der Waals surface area contributed by atoms with E-state index in [4.69, 9.17) is 11.6 Å². The lowest BCUT2D eigenvalue weighted by molar-refractivity contribution is -0.714. The lowest BCUT2D eigenvalue weighted by Gasteiger charge is -2.26. The average molecular weight is 330 g/mol. The first-order valence-corrected chi connectivity index (χ1v) is 8.50. The summed E-state index contributed by atoms with van der Waals surface area (Å²) < 4.78 is 0. The van der Waals surface area contributed by atoms with E-state index in [1.807, 2.05) is 19.1 Å². The number of aryl methyl sites for hydroxylation is 1. The van der Waals surface area contributed by atoms with Gasteiger partial charge in [-0.25, -0.2) is 0 Å². The van der Waals surface area contributed by atoms with Gasteiger partial charge < -0.3 is 10.6 Å². The van der Waals surface area contributed by atoms with Crippen molar-refractivity contribution in [1.29, 1.82) is 0 Å². The lowest BCUT2D eigenvalue weighted by atomic mass is 9.87. The number of amides is 1. The molecule has 2 aromatic rings. The van der Waals surface area contributed by atoms with Gasteiger partial charge in [0, 0.05) is 22.7 Å². The van der Waals surface area contributed by atoms with E-state index in [0.717, 1.165) is 18.5 Å². The Morgan fingerprint density at radius 2 is 2.09 bits per heavy atom. The molecule has 0 bridgehead atoms. The molecule has 0 aromatic heterocycles. The highest BCUT2D eigenvalue weighted by molar-refractivity contribution is 6.30. The highest BCUT2D eigenvalue weighted by Gasteiger charge is 2.27. The SMILES string of the molecule is C[C@@H]([NH2+][C@H]1CCCc2ccccc21)C(=O)Nc1cccc(Cl)c1. The Morgan fingerprint density at radius 1 is 1.26 bits per heavy atom. The molecule has 3 nitrogen and oxygen atoms in total. The first-order valence-electron chi connectivity index (χ1n) is 8.12. The van der Waals surface area contributed by atoms with Gasteiger partial charge in [-0.1, -0.05) is 41.9 Å². The van der Waals surface area contributed by atoms with Gasteiger partial charge in [-0.2, -0.15) is 0 Å². The van der Waals surface area contributed by atoms with Crippen molar-refractivity contribution >= 4 is 23.2 Å². The quantitative estimate of drug-likeness (QED) is 0.888. The molecule has 0 radical (unpaired) electrons. The van der Waals surface area contributed by atoms with E-state index in [1.165, 1.54) is 17.5 Å². The first-order chi connectivity index (χ1) is 11.1. The standard InChI is InChI=1S/C19H21ClN2O/c1-13(19(23)22-16-9-5-8-15(20)12-16)21-18-11-4-7-14-6-2-3-10-17(14)18/h2-3,5-6,8-10,12-13,18,21H,4,7,11H2,1H3,(H,22,23)/p+1/t13-,18+/m1/s1. The summed E-state index contributed by atoms with van der Waals surface area (Å²) in [5.74, 6) is 0.00956. The molecule has 0 aliphatic heterocycles. The fraction of sp³-hybridized carbons (Fsp3) is 0.316. The summed E-state index contributed by atoms with van der Waals surface area (Å²) in [4.78, 5) is 12.4. The van der Waals surface area contributed by atoms with Crippen LogP contribution in [0.5, 0.6) is 0 Å². The summed E-state index contributed by atoms with van der Waals surface area (Å²) in [6.07, 6.45) is 3.44. The van der Waals surface area contributed by atoms with Crippen LogP contribution in [-0.4, -0.2) is 11.9 Å². The third kappa shape index (κ3) is 3.92. The molecule has 0 saturated heterocycles. The number of benzene rings is 2. The number of rotatable bonds is 4. The molecule has 2 atom stereocenters. The van der Waals surface area contributed by atoms with Gasteiger partial charge in [0.05, 0.1) is 0 Å². The number of carbonyl (C=O) groups excluding carboxylic acids is 1. The Labute approximate surface area is 142 Å². The van der Waals surface area contributed by atoms with Crippen molar-refractivity contribution in [2.45, 2.75) is 38.3 Å². The molecular weight excluding hydrogens is 308 g/mol. The van der Waals surface area contributed by atoms with Gasteiger partial charge in [-0.15, -0.1) is 0 Å². The lowest BCUT2D eigenvalue weighted by Crippen LogP contribution is -2.92. The Morgan fingerprint density at radius 3 is 2.91 bits per heavy atom. The summed E-state index contributed by atoms with van der Waals surface area (Å²) in [5.41, 5.74) is 3.54. The van der Waals surface area contributed by atoms with Crippen molar-refractivity contribution in [1.82, 2.24) is 0 Å². The maximum Gasteiger partial charge on any atom is 0.282 e. The monoisotopic (exact) mass is 329 g/mol. The number of quaternary nitrogens is 1. The van der Waals surface area contributed by atoms with E-state index in [2.05, 4.69) is 34.9 Å². The first kappa shape index (κ1) is 16.0. The van der Waals surface area contributed by atoms with E-state index in [9.17, 15) is 4.79 Å². The van der Waals surface area contributed by atoms with Crippen LogP contribution >= 0.6 is 11.6 Å². The second-order valence-electron chi connectivity index (χ2n) is 6.18. The smallest absolute Gasteiger partial charge is 0.282 e. The van der Waals surface area contributed by atoms with Gasteiger partial charge in [0.2, 0.25) is 0 Å². The molecule has 3 rings (SSSR count). The molecule has 0 saturated carbocycles. The number of hydrogen-bond acceptors (Lipinski definition) is 1. The minimum absolute atomic E-state index is 0.00956. The molecule has 1 aliphatic rings. The summed E-state index contributed by atoms with van der Waals surface area (Å²) in [6.45, 7) is 1.96. The highest BCUT2D eigenvalue weighted by Crippen LogP contribution is 2.26. The van der Waals surface area contributed by atoms with Gasteiger partial charge >= 0.3 is 0 Å². The zero-order valence-electron chi connectivity index (χ0n) is 13.3. The fourth-order valence-corrected chi connectivity index (χ4v) is 3.44. The number of carbonyl (C=O) groups is 1. The third-order valence-electron chi connectivity index (χ3n) is 4.44. The summed E-state index contributed by atoms with van der Waals surface area (Å²) in [6, 6.07) is 16.0. The number of nitrogens with one attached hydrogen (secondary N) is 1. The predicted octanol–water partition coefficient (Wildman–Crippen LogP) is 3.31. The van der Waals surface area contributed by atoms with Crippen molar-refractivity contribution in [3.8, 4) is 0 Å². The van der Waals surface area contributed by atoms with Crippen LogP contribution in [0.1, 0.15) is 36.9 Å². The van der Waals surface area contributed by atoms with Crippen LogP contribution in [0.25, 0.3) is 0 Å². The second-order valence-corrected chi connectivity index (χ2v) is 6.61. The largest absolute Gasteiger partial charge is 0.330 e. The number of halogens is 1. The average Bonchev–Trinajstić information content (AvgIpc) is 2.55. The summed E-state index contributed by atoms with van der Waals surface area (Å²) >= 11 is 5.96. The highest BCUT2D eigenvalue weighted by atomic mass is 35.5. The molecule has 1 aliphatic carbocycles. The van der Waals surface area contributed by atoms with Crippen LogP contribution in [-0.2, 0) is 11.2 Å². The maximum absolute atomic E-state index is 12.4. The zero-order chi connectivity index (χ0) is 16.2. The maximum atomic E-state index is 12.4. The second kappa shape index (κ2) is 7.16. The molecule has 0 fully saturated rings.